The van der Waals surface area contributed by atoms with Crippen molar-refractivity contribution in [2.75, 3.05) is 25.0 Å². The van der Waals surface area contributed by atoms with Crippen LogP contribution in [0.3, 0.4) is 0 Å². The molecule has 0 amide bonds. The van der Waals surface area contributed by atoms with Gasteiger partial charge in [-0.05, 0) is 33.1 Å². The fraction of sp³-hybridized carbons (Fsp3) is 0.632. The Hall–Kier alpha value is -1.95. The lowest BCUT2D eigenvalue weighted by Crippen LogP contribution is -2.39. The summed E-state index contributed by atoms with van der Waals surface area (Å²) in [6.07, 6.45) is 6.19. The number of hydrogen-bond donors (Lipinski definition) is 1. The zero-order valence-corrected chi connectivity index (χ0v) is 15.8. The molecule has 6 nitrogen and oxygen atoms in total. The summed E-state index contributed by atoms with van der Waals surface area (Å²) in [6, 6.07) is 0.453. The summed E-state index contributed by atoms with van der Waals surface area (Å²) in [5.41, 5.74) is 3.03. The Labute approximate surface area is 150 Å². The lowest BCUT2D eigenvalue weighted by molar-refractivity contribution is 0.240. The van der Waals surface area contributed by atoms with Crippen LogP contribution in [0.4, 0.5) is 5.82 Å². The number of hydrogen-bond acceptors (Lipinski definition) is 5. The maximum absolute atomic E-state index is 4.85. The number of piperidine rings is 1. The highest BCUT2D eigenvalue weighted by Gasteiger charge is 2.22. The fourth-order valence-corrected chi connectivity index (χ4v) is 3.58. The van der Waals surface area contributed by atoms with E-state index >= 15 is 0 Å². The fourth-order valence-electron chi connectivity index (χ4n) is 3.58. The van der Waals surface area contributed by atoms with Gasteiger partial charge in [-0.25, -0.2) is 9.97 Å². The van der Waals surface area contributed by atoms with Crippen LogP contribution in [-0.2, 0) is 13.0 Å². The molecule has 136 valence electrons. The maximum Gasteiger partial charge on any atom is 0.156 e. The molecule has 1 fully saturated rings. The average Bonchev–Trinajstić information content (AvgIpc) is 2.94. The van der Waals surface area contributed by atoms with Gasteiger partial charge in [0.15, 0.2) is 5.82 Å². The van der Waals surface area contributed by atoms with E-state index in [1.165, 1.54) is 0 Å². The molecule has 0 aliphatic carbocycles. The summed E-state index contributed by atoms with van der Waals surface area (Å²) in [4.78, 5) is 12.1. The zero-order valence-electron chi connectivity index (χ0n) is 15.8. The Balaban J connectivity index is 1.87. The van der Waals surface area contributed by atoms with Crippen molar-refractivity contribution in [1.29, 1.82) is 0 Å². The number of nitrogens with zero attached hydrogens (tertiary/aromatic N) is 5. The number of aryl methyl sites for hydroxylation is 3. The van der Waals surface area contributed by atoms with Gasteiger partial charge in [0.05, 0.1) is 5.69 Å². The van der Waals surface area contributed by atoms with E-state index in [4.69, 9.17) is 9.97 Å². The summed E-state index contributed by atoms with van der Waals surface area (Å²) in [5, 5.41) is 8.36. The summed E-state index contributed by atoms with van der Waals surface area (Å²) < 4.78 is 2.02. The third kappa shape index (κ3) is 3.84. The van der Waals surface area contributed by atoms with Crippen LogP contribution < -0.4 is 5.32 Å². The van der Waals surface area contributed by atoms with Gasteiger partial charge in [-0.2, -0.15) is 5.10 Å². The number of fused-ring (bicyclic) bond motifs is 1. The second-order valence-electron chi connectivity index (χ2n) is 6.84. The van der Waals surface area contributed by atoms with Gasteiger partial charge in [-0.3, -0.25) is 9.58 Å². The number of aromatic nitrogens is 4. The standard InChI is InChI=1S/C19H30N6/c1-5-8-16-21-17-14(4)23-25(7-3)18(17)19(22-16)20-15-9-12-24(11-6-2)13-10-15/h6,15H,2,5,7-13H2,1,3-4H3,(H,20,21,22). The number of likely N-dealkylation sites (tertiary alicyclic amines) is 1. The molecule has 0 unspecified atom stereocenters. The molecule has 1 saturated heterocycles. The second-order valence-corrected chi connectivity index (χ2v) is 6.84. The van der Waals surface area contributed by atoms with E-state index in [1.807, 2.05) is 17.7 Å². The molecule has 1 N–H and O–H groups in total. The zero-order chi connectivity index (χ0) is 17.8. The molecule has 1 aliphatic heterocycles. The quantitative estimate of drug-likeness (QED) is 0.783. The lowest BCUT2D eigenvalue weighted by Gasteiger charge is -2.32. The van der Waals surface area contributed by atoms with Crippen molar-refractivity contribution in [3.63, 3.8) is 0 Å². The highest BCUT2D eigenvalue weighted by Crippen LogP contribution is 2.26. The van der Waals surface area contributed by atoms with Crippen molar-refractivity contribution < 1.29 is 0 Å². The minimum absolute atomic E-state index is 0.453. The average molecular weight is 342 g/mol. The molecular formula is C19H30N6. The SMILES string of the molecule is C=CCN1CCC(Nc2nc(CCC)nc3c(C)nn(CC)c23)CC1. The molecule has 3 heterocycles. The molecule has 3 rings (SSSR count). The molecule has 1 aliphatic rings. The van der Waals surface area contributed by atoms with Crippen LogP contribution in [0.5, 0.6) is 0 Å². The molecule has 0 bridgehead atoms. The first-order valence-electron chi connectivity index (χ1n) is 9.50. The van der Waals surface area contributed by atoms with Gasteiger partial charge in [0, 0.05) is 38.6 Å². The van der Waals surface area contributed by atoms with Gasteiger partial charge in [-0.1, -0.05) is 13.0 Å². The Kier molecular flexibility index (Phi) is 5.68. The van der Waals surface area contributed by atoms with E-state index in [-0.39, 0.29) is 0 Å². The summed E-state index contributed by atoms with van der Waals surface area (Å²) in [7, 11) is 0. The first kappa shape index (κ1) is 17.9. The van der Waals surface area contributed by atoms with Gasteiger partial charge >= 0.3 is 0 Å². The van der Waals surface area contributed by atoms with E-state index < -0.39 is 0 Å². The number of nitrogens with one attached hydrogen (secondary N) is 1. The molecule has 0 spiro atoms. The normalized spacial score (nSPS) is 16.4. The minimum Gasteiger partial charge on any atom is -0.365 e. The molecule has 0 aromatic carbocycles. The molecule has 0 atom stereocenters. The monoisotopic (exact) mass is 342 g/mol. The number of rotatable bonds is 7. The van der Waals surface area contributed by atoms with Crippen LogP contribution >= 0.6 is 0 Å². The van der Waals surface area contributed by atoms with Crippen LogP contribution in [0.2, 0.25) is 0 Å². The highest BCUT2D eigenvalue weighted by molar-refractivity contribution is 5.87. The lowest BCUT2D eigenvalue weighted by atomic mass is 10.0. The van der Waals surface area contributed by atoms with Gasteiger partial charge in [-0.15, -0.1) is 6.58 Å². The number of anilines is 1. The first-order valence-corrected chi connectivity index (χ1v) is 9.50. The van der Waals surface area contributed by atoms with Crippen molar-refractivity contribution in [1.82, 2.24) is 24.6 Å². The Morgan fingerprint density at radius 2 is 2.00 bits per heavy atom. The van der Waals surface area contributed by atoms with E-state index in [2.05, 4.69) is 35.7 Å². The predicted molar refractivity (Wildman–Crippen MR) is 103 cm³/mol. The van der Waals surface area contributed by atoms with E-state index in [0.29, 0.717) is 6.04 Å². The van der Waals surface area contributed by atoms with Gasteiger partial charge < -0.3 is 5.32 Å². The Bertz CT molecular complexity index is 727. The van der Waals surface area contributed by atoms with E-state index in [9.17, 15) is 0 Å². The Morgan fingerprint density at radius 3 is 2.64 bits per heavy atom. The molecule has 0 radical (unpaired) electrons. The highest BCUT2D eigenvalue weighted by atomic mass is 15.3. The van der Waals surface area contributed by atoms with Crippen molar-refractivity contribution >= 4 is 16.9 Å². The van der Waals surface area contributed by atoms with Crippen LogP contribution in [0.15, 0.2) is 12.7 Å². The first-order chi connectivity index (χ1) is 12.2. The molecule has 25 heavy (non-hydrogen) atoms. The largest absolute Gasteiger partial charge is 0.365 e. The van der Waals surface area contributed by atoms with Crippen LogP contribution in [0.1, 0.15) is 44.6 Å². The van der Waals surface area contributed by atoms with Crippen LogP contribution in [-0.4, -0.2) is 50.3 Å². The van der Waals surface area contributed by atoms with Gasteiger partial charge in [0.1, 0.15) is 16.9 Å². The predicted octanol–water partition coefficient (Wildman–Crippen LogP) is 3.17. The van der Waals surface area contributed by atoms with Gasteiger partial charge in [0.2, 0.25) is 0 Å². The summed E-state index contributed by atoms with van der Waals surface area (Å²) in [5.74, 6) is 1.87. The third-order valence-electron chi connectivity index (χ3n) is 4.89. The molecule has 0 saturated carbocycles. The molecule has 6 heteroatoms. The minimum atomic E-state index is 0.453. The van der Waals surface area contributed by atoms with Crippen molar-refractivity contribution in [2.45, 2.75) is 59.0 Å². The van der Waals surface area contributed by atoms with E-state index in [0.717, 1.165) is 80.2 Å². The summed E-state index contributed by atoms with van der Waals surface area (Å²) >= 11 is 0. The molecule has 2 aromatic heterocycles. The smallest absolute Gasteiger partial charge is 0.156 e. The van der Waals surface area contributed by atoms with Crippen molar-refractivity contribution in [2.24, 2.45) is 0 Å². The van der Waals surface area contributed by atoms with Gasteiger partial charge in [0.25, 0.3) is 0 Å². The Morgan fingerprint density at radius 1 is 1.24 bits per heavy atom. The van der Waals surface area contributed by atoms with Crippen LogP contribution in [0, 0.1) is 6.92 Å². The third-order valence-corrected chi connectivity index (χ3v) is 4.89. The van der Waals surface area contributed by atoms with Crippen molar-refractivity contribution in [3.8, 4) is 0 Å². The second kappa shape index (κ2) is 7.95. The van der Waals surface area contributed by atoms with Crippen LogP contribution in [0.25, 0.3) is 11.0 Å². The topological polar surface area (TPSA) is 58.9 Å². The molecule has 2 aromatic rings. The maximum atomic E-state index is 4.85. The molecular weight excluding hydrogens is 312 g/mol. The summed E-state index contributed by atoms with van der Waals surface area (Å²) in [6.45, 7) is 14.2. The van der Waals surface area contributed by atoms with Crippen molar-refractivity contribution in [3.05, 3.63) is 24.2 Å². The van der Waals surface area contributed by atoms with E-state index in [1.54, 1.807) is 0 Å².